The molecule has 1 aromatic heterocycles. The number of rotatable bonds is 1. The summed E-state index contributed by atoms with van der Waals surface area (Å²) >= 11 is 0. The number of H-pyrrole nitrogens is 1. The first kappa shape index (κ1) is 11.3. The molecular weight excluding hydrogens is 252 g/mol. The Morgan fingerprint density at radius 3 is 2.65 bits per heavy atom. The summed E-state index contributed by atoms with van der Waals surface area (Å²) in [5.74, 6) is 2.42. The Balaban J connectivity index is 1.86. The summed E-state index contributed by atoms with van der Waals surface area (Å²) in [4.78, 5) is 7.98. The molecule has 4 nitrogen and oxygen atoms in total. The Morgan fingerprint density at radius 1 is 1.05 bits per heavy atom. The van der Waals surface area contributed by atoms with Gasteiger partial charge < -0.3 is 14.5 Å². The first-order valence-electron chi connectivity index (χ1n) is 6.66. The molecule has 0 radical (unpaired) electrons. The van der Waals surface area contributed by atoms with E-state index in [1.54, 1.807) is 0 Å². The fraction of sp³-hybridized carbons (Fsp3) is 0.188. The lowest BCUT2D eigenvalue weighted by Crippen LogP contribution is -2.15. The van der Waals surface area contributed by atoms with Gasteiger partial charge in [-0.1, -0.05) is 23.8 Å². The number of aryl methyl sites for hydroxylation is 1. The van der Waals surface area contributed by atoms with Gasteiger partial charge in [-0.3, -0.25) is 0 Å². The number of nitrogens with zero attached hydrogens (tertiary/aromatic N) is 1. The fourth-order valence-electron chi connectivity index (χ4n) is 2.48. The van der Waals surface area contributed by atoms with Crippen molar-refractivity contribution >= 4 is 11.0 Å². The van der Waals surface area contributed by atoms with Gasteiger partial charge >= 0.3 is 0 Å². The summed E-state index contributed by atoms with van der Waals surface area (Å²) in [7, 11) is 0. The Bertz CT molecular complexity index is 749. The van der Waals surface area contributed by atoms with Gasteiger partial charge in [0.2, 0.25) is 0 Å². The van der Waals surface area contributed by atoms with E-state index in [-0.39, 0.29) is 0 Å². The second kappa shape index (κ2) is 4.27. The minimum atomic E-state index is 0.591. The molecule has 4 heteroatoms. The van der Waals surface area contributed by atoms with E-state index < -0.39 is 0 Å². The third-order valence-corrected chi connectivity index (χ3v) is 3.44. The largest absolute Gasteiger partial charge is 0.486 e. The third-order valence-electron chi connectivity index (χ3n) is 3.44. The molecule has 4 rings (SSSR count). The number of imidazole rings is 1. The summed E-state index contributed by atoms with van der Waals surface area (Å²) < 4.78 is 11.2. The molecule has 2 heterocycles. The molecule has 0 bridgehead atoms. The summed E-state index contributed by atoms with van der Waals surface area (Å²) in [5.41, 5.74) is 4.16. The number of hydrogen-bond donors (Lipinski definition) is 1. The van der Waals surface area contributed by atoms with Gasteiger partial charge in [-0.15, -0.1) is 0 Å². The van der Waals surface area contributed by atoms with Crippen LogP contribution in [0.4, 0.5) is 0 Å². The molecule has 0 unspecified atom stereocenters. The van der Waals surface area contributed by atoms with Gasteiger partial charge in [0.05, 0.1) is 11.0 Å². The lowest BCUT2D eigenvalue weighted by atomic mass is 10.1. The number of fused-ring (bicyclic) bond motifs is 2. The maximum Gasteiger partial charge on any atom is 0.163 e. The average Bonchev–Trinajstić information content (AvgIpc) is 2.87. The van der Waals surface area contributed by atoms with Gasteiger partial charge in [-0.05, 0) is 13.0 Å². The molecule has 0 amide bonds. The SMILES string of the molecule is Cc1cccc(-c2nc3cc4c(cc3[nH]2)OCCO4)c1. The standard InChI is InChI=1S/C16H14N2O2/c1-10-3-2-4-11(7-10)16-17-12-8-14-15(9-13(12)18-16)20-6-5-19-14/h2-4,7-9H,5-6H2,1H3,(H,17,18). The van der Waals surface area contributed by atoms with Crippen molar-refractivity contribution < 1.29 is 9.47 Å². The van der Waals surface area contributed by atoms with Gasteiger partial charge in [0.15, 0.2) is 11.5 Å². The smallest absolute Gasteiger partial charge is 0.163 e. The molecule has 0 atom stereocenters. The van der Waals surface area contributed by atoms with Crippen LogP contribution in [0.2, 0.25) is 0 Å². The summed E-state index contributed by atoms with van der Waals surface area (Å²) in [6.45, 7) is 3.26. The lowest BCUT2D eigenvalue weighted by molar-refractivity contribution is 0.172. The topological polar surface area (TPSA) is 47.1 Å². The maximum atomic E-state index is 5.59. The van der Waals surface area contributed by atoms with Crippen molar-refractivity contribution in [1.82, 2.24) is 9.97 Å². The zero-order chi connectivity index (χ0) is 13.5. The van der Waals surface area contributed by atoms with Crippen molar-refractivity contribution in [1.29, 1.82) is 0 Å². The van der Waals surface area contributed by atoms with Crippen LogP contribution in [0, 0.1) is 6.92 Å². The molecule has 1 aliphatic heterocycles. The van der Waals surface area contributed by atoms with Crippen LogP contribution in [0.25, 0.3) is 22.4 Å². The zero-order valence-electron chi connectivity index (χ0n) is 11.1. The number of aromatic nitrogens is 2. The van der Waals surface area contributed by atoms with Crippen LogP contribution in [-0.2, 0) is 0 Å². The van der Waals surface area contributed by atoms with Gasteiger partial charge in [-0.25, -0.2) is 4.98 Å². The fourth-order valence-corrected chi connectivity index (χ4v) is 2.48. The number of aromatic amines is 1. The van der Waals surface area contributed by atoms with E-state index in [9.17, 15) is 0 Å². The van der Waals surface area contributed by atoms with Crippen LogP contribution in [0.3, 0.4) is 0 Å². The molecule has 0 spiro atoms. The second-order valence-electron chi connectivity index (χ2n) is 4.97. The Hall–Kier alpha value is -2.49. The zero-order valence-corrected chi connectivity index (χ0v) is 11.1. The first-order valence-corrected chi connectivity index (χ1v) is 6.66. The summed E-state index contributed by atoms with van der Waals surface area (Å²) in [6, 6.07) is 12.2. The molecule has 0 aliphatic carbocycles. The average molecular weight is 266 g/mol. The normalized spacial score (nSPS) is 13.7. The highest BCUT2D eigenvalue weighted by Gasteiger charge is 2.15. The number of ether oxygens (including phenoxy) is 2. The predicted molar refractivity (Wildman–Crippen MR) is 77.3 cm³/mol. The highest BCUT2D eigenvalue weighted by molar-refractivity contribution is 5.83. The highest BCUT2D eigenvalue weighted by Crippen LogP contribution is 2.34. The molecule has 0 saturated heterocycles. The number of nitrogens with one attached hydrogen (secondary N) is 1. The van der Waals surface area contributed by atoms with Crippen molar-refractivity contribution in [2.45, 2.75) is 6.92 Å². The van der Waals surface area contributed by atoms with Crippen LogP contribution in [0.5, 0.6) is 11.5 Å². The van der Waals surface area contributed by atoms with Gasteiger partial charge in [0.1, 0.15) is 19.0 Å². The molecular formula is C16H14N2O2. The van der Waals surface area contributed by atoms with E-state index >= 15 is 0 Å². The Morgan fingerprint density at radius 2 is 1.85 bits per heavy atom. The minimum Gasteiger partial charge on any atom is -0.486 e. The molecule has 0 fully saturated rings. The van der Waals surface area contributed by atoms with E-state index in [2.05, 4.69) is 35.1 Å². The van der Waals surface area contributed by atoms with Gasteiger partial charge in [0, 0.05) is 17.7 Å². The Labute approximate surface area is 116 Å². The quantitative estimate of drug-likeness (QED) is 0.735. The van der Waals surface area contributed by atoms with Gasteiger partial charge in [-0.2, -0.15) is 0 Å². The first-order chi connectivity index (χ1) is 9.79. The Kier molecular flexibility index (Phi) is 2.42. The number of hydrogen-bond acceptors (Lipinski definition) is 3. The molecule has 3 aromatic rings. The monoisotopic (exact) mass is 266 g/mol. The highest BCUT2D eigenvalue weighted by atomic mass is 16.6. The van der Waals surface area contributed by atoms with Crippen molar-refractivity contribution in [3.05, 3.63) is 42.0 Å². The minimum absolute atomic E-state index is 0.591. The second-order valence-corrected chi connectivity index (χ2v) is 4.97. The lowest BCUT2D eigenvalue weighted by Gasteiger charge is -2.17. The summed E-state index contributed by atoms with van der Waals surface area (Å²) in [6.07, 6.45) is 0. The van der Waals surface area contributed by atoms with Crippen LogP contribution in [-0.4, -0.2) is 23.2 Å². The number of benzene rings is 2. The van der Waals surface area contributed by atoms with E-state index in [1.165, 1.54) is 5.56 Å². The molecule has 2 aromatic carbocycles. The van der Waals surface area contributed by atoms with Crippen molar-refractivity contribution in [3.63, 3.8) is 0 Å². The molecule has 20 heavy (non-hydrogen) atoms. The maximum absolute atomic E-state index is 5.59. The van der Waals surface area contributed by atoms with Crippen LogP contribution < -0.4 is 9.47 Å². The summed E-state index contributed by atoms with van der Waals surface area (Å²) in [5, 5.41) is 0. The van der Waals surface area contributed by atoms with E-state index in [0.29, 0.717) is 13.2 Å². The van der Waals surface area contributed by atoms with Crippen LogP contribution in [0.1, 0.15) is 5.56 Å². The third kappa shape index (κ3) is 1.81. The van der Waals surface area contributed by atoms with Crippen molar-refractivity contribution in [2.24, 2.45) is 0 Å². The van der Waals surface area contributed by atoms with E-state index in [0.717, 1.165) is 33.9 Å². The molecule has 100 valence electrons. The van der Waals surface area contributed by atoms with Crippen molar-refractivity contribution in [3.8, 4) is 22.9 Å². The van der Waals surface area contributed by atoms with Crippen LogP contribution >= 0.6 is 0 Å². The molecule has 0 saturated carbocycles. The van der Waals surface area contributed by atoms with Gasteiger partial charge in [0.25, 0.3) is 0 Å². The molecule has 1 N–H and O–H groups in total. The van der Waals surface area contributed by atoms with E-state index in [1.807, 2.05) is 18.2 Å². The van der Waals surface area contributed by atoms with Crippen molar-refractivity contribution in [2.75, 3.05) is 13.2 Å². The molecule has 1 aliphatic rings. The predicted octanol–water partition coefficient (Wildman–Crippen LogP) is 3.31. The van der Waals surface area contributed by atoms with E-state index in [4.69, 9.17) is 9.47 Å². The van der Waals surface area contributed by atoms with Crippen LogP contribution in [0.15, 0.2) is 36.4 Å².